The van der Waals surface area contributed by atoms with Crippen molar-refractivity contribution in [2.45, 2.75) is 146 Å². The Balaban J connectivity index is 0. The van der Waals surface area contributed by atoms with E-state index < -0.39 is 0 Å². The van der Waals surface area contributed by atoms with Crippen molar-refractivity contribution in [2.75, 3.05) is 0 Å². The minimum absolute atomic E-state index is 0.00725. The lowest BCUT2D eigenvalue weighted by Gasteiger charge is -2.40. The van der Waals surface area contributed by atoms with E-state index in [1.54, 1.807) is 12.1 Å². The number of nitrogens with one attached hydrogen (secondary N) is 1. The van der Waals surface area contributed by atoms with E-state index in [0.717, 1.165) is 48.3 Å². The predicted molar refractivity (Wildman–Crippen MR) is 215 cm³/mol. The van der Waals surface area contributed by atoms with E-state index in [1.807, 2.05) is 41.5 Å². The molecule has 1 aliphatic carbocycles. The molecule has 8 heteroatoms. The zero-order valence-electron chi connectivity index (χ0n) is 32.9. The van der Waals surface area contributed by atoms with Crippen LogP contribution < -0.4 is 17.1 Å². The molecule has 0 bridgehead atoms. The van der Waals surface area contributed by atoms with Crippen LogP contribution in [0.3, 0.4) is 0 Å². The van der Waals surface area contributed by atoms with Crippen molar-refractivity contribution < 1.29 is 9.18 Å². The van der Waals surface area contributed by atoms with Gasteiger partial charge in [-0.15, -0.1) is 0 Å². The first-order valence-corrected chi connectivity index (χ1v) is 18.3. The van der Waals surface area contributed by atoms with Crippen molar-refractivity contribution in [3.63, 3.8) is 0 Å². The Hall–Kier alpha value is -3.03. The predicted octanol–water partition coefficient (Wildman–Crippen LogP) is 11.7. The van der Waals surface area contributed by atoms with Crippen LogP contribution in [0, 0.1) is 17.2 Å². The largest absolute Gasteiger partial charge is 0.386 e. The molecule has 0 radical (unpaired) electrons. The number of hydrogen-bond donors (Lipinski definition) is 3. The summed E-state index contributed by atoms with van der Waals surface area (Å²) in [5.74, 6) is 6.38. The number of amidine groups is 1. The molecule has 0 heterocycles. The number of nitrogens with zero attached hydrogens (tertiary/aromatic N) is 2. The van der Waals surface area contributed by atoms with E-state index in [1.165, 1.54) is 42.9 Å². The topological polar surface area (TPSA) is 106 Å². The summed E-state index contributed by atoms with van der Waals surface area (Å²) in [6, 6.07) is 13.6. The number of nitrogens with two attached hydrogens (primary N) is 2. The molecule has 2 aromatic carbocycles. The van der Waals surface area contributed by atoms with Crippen molar-refractivity contribution in [1.82, 2.24) is 5.53 Å². The van der Waals surface area contributed by atoms with E-state index in [4.69, 9.17) is 28.2 Å². The maximum absolute atomic E-state index is 13.3. The molecule has 1 saturated carbocycles. The summed E-state index contributed by atoms with van der Waals surface area (Å²) in [4.78, 5) is 14.1. The summed E-state index contributed by atoms with van der Waals surface area (Å²) in [6.45, 7) is 29.4. The molecule has 0 aromatic heterocycles. The van der Waals surface area contributed by atoms with Gasteiger partial charge >= 0.3 is 0 Å². The number of benzene rings is 2. The van der Waals surface area contributed by atoms with Crippen LogP contribution in [-0.4, -0.2) is 23.4 Å². The lowest BCUT2D eigenvalue weighted by atomic mass is 9.68. The molecular formula is C41H69ClFN5O. The molecule has 1 fully saturated rings. The van der Waals surface area contributed by atoms with E-state index in [-0.39, 0.29) is 16.4 Å². The highest BCUT2D eigenvalue weighted by Crippen LogP contribution is 2.43. The van der Waals surface area contributed by atoms with Gasteiger partial charge in [0.15, 0.2) is 0 Å². The molecular weight excluding hydrogens is 633 g/mol. The van der Waals surface area contributed by atoms with Gasteiger partial charge in [-0.25, -0.2) is 15.8 Å². The number of aldehydes is 1. The molecule has 0 spiro atoms. The second-order valence-corrected chi connectivity index (χ2v) is 14.1. The summed E-state index contributed by atoms with van der Waals surface area (Å²) in [7, 11) is 0. The number of hydrogen-bond acceptors (Lipinski definition) is 5. The number of halogens is 2. The van der Waals surface area contributed by atoms with E-state index in [0.29, 0.717) is 23.6 Å². The fraction of sp³-hybridized carbons (Fsp3) is 0.585. The Morgan fingerprint density at radius 2 is 1.59 bits per heavy atom. The third-order valence-corrected chi connectivity index (χ3v) is 8.78. The van der Waals surface area contributed by atoms with Crippen LogP contribution in [0.1, 0.15) is 157 Å². The van der Waals surface area contributed by atoms with Crippen molar-refractivity contribution in [3.8, 4) is 0 Å². The fourth-order valence-corrected chi connectivity index (χ4v) is 5.45. The second-order valence-electron chi connectivity index (χ2n) is 13.7. The number of hydrazone groups is 1. The number of carbonyl (C=O) groups excluding carboxylic acids is 1. The highest BCUT2D eigenvalue weighted by atomic mass is 35.5. The van der Waals surface area contributed by atoms with Gasteiger partial charge in [0.25, 0.3) is 0 Å². The standard InChI is InChI=1S/C19H27ClFN.C14H20.C3H10N4.C3H6O.C2H6/c1-13(14-6-7-17(21)16(20)12-14)22-19(5)10-8-15(9-11-19)18(2,3)4;1-5-6-12(4)14-9-7-13(8-10-14)11(2)3;1-2-3(4)6-7-5;1-2-3-4;1-2/h6-7,12,15H,8-11H2,1-5H3;7-10,12H,2,5-6H2,1,3-4H3;7H,2,5H2,1H3,(H2,4,6);3H,2H2,1H3;1-2H3. The third-order valence-electron chi connectivity index (χ3n) is 8.49. The molecule has 2 aromatic rings. The number of hydrazine groups is 1. The van der Waals surface area contributed by atoms with Crippen molar-refractivity contribution in [3.05, 3.63) is 76.6 Å². The van der Waals surface area contributed by atoms with Crippen LogP contribution in [-0.2, 0) is 4.79 Å². The summed E-state index contributed by atoms with van der Waals surface area (Å²) >= 11 is 5.87. The Kier molecular flexibility index (Phi) is 25.4. The van der Waals surface area contributed by atoms with Crippen molar-refractivity contribution >= 4 is 35.0 Å². The van der Waals surface area contributed by atoms with Gasteiger partial charge in [-0.3, -0.25) is 4.99 Å². The summed E-state index contributed by atoms with van der Waals surface area (Å²) in [5.41, 5.74) is 13.3. The first-order valence-electron chi connectivity index (χ1n) is 18.0. The highest BCUT2D eigenvalue weighted by molar-refractivity contribution is 6.31. The molecule has 0 amide bonds. The summed E-state index contributed by atoms with van der Waals surface area (Å²) < 4.78 is 13.3. The SMILES string of the molecule is C=C(C)c1ccc(C(C)CCC)cc1.CC.CC(=NC1(C)CCC(C(C)(C)C)CC1)c1ccc(F)c(Cl)c1.CC/C(N)=N/NN.CCC=O. The maximum Gasteiger partial charge on any atom is 0.141 e. The first-order chi connectivity index (χ1) is 23.0. The van der Waals surface area contributed by atoms with Crippen LogP contribution in [0.25, 0.3) is 5.57 Å². The van der Waals surface area contributed by atoms with E-state index in [2.05, 4.69) is 83.0 Å². The molecule has 0 saturated heterocycles. The first kappa shape index (κ1) is 48.1. The van der Waals surface area contributed by atoms with Gasteiger partial charge < -0.3 is 10.5 Å². The Morgan fingerprint density at radius 3 is 1.96 bits per heavy atom. The minimum Gasteiger partial charge on any atom is -0.386 e. The smallest absolute Gasteiger partial charge is 0.141 e. The van der Waals surface area contributed by atoms with Crippen LogP contribution in [0.2, 0.25) is 5.02 Å². The number of aliphatic imine (C=N–C) groups is 1. The average molecular weight is 702 g/mol. The zero-order chi connectivity index (χ0) is 38.2. The maximum atomic E-state index is 13.3. The number of carbonyl (C=O) groups is 1. The average Bonchev–Trinajstić information content (AvgIpc) is 3.07. The Labute approximate surface area is 304 Å². The van der Waals surface area contributed by atoms with Gasteiger partial charge in [0.2, 0.25) is 0 Å². The van der Waals surface area contributed by atoms with Crippen molar-refractivity contribution in [1.29, 1.82) is 0 Å². The van der Waals surface area contributed by atoms with Crippen LogP contribution in [0.15, 0.2) is 59.1 Å². The monoisotopic (exact) mass is 702 g/mol. The molecule has 0 aliphatic heterocycles. The van der Waals surface area contributed by atoms with Gasteiger partial charge in [0.1, 0.15) is 17.9 Å². The van der Waals surface area contributed by atoms with Crippen molar-refractivity contribution in [2.24, 2.45) is 33.0 Å². The van der Waals surface area contributed by atoms with E-state index in [9.17, 15) is 9.18 Å². The molecule has 1 atom stereocenters. The van der Waals surface area contributed by atoms with Crippen LogP contribution in [0.4, 0.5) is 4.39 Å². The molecule has 49 heavy (non-hydrogen) atoms. The summed E-state index contributed by atoms with van der Waals surface area (Å²) in [5, 5.41) is 3.63. The van der Waals surface area contributed by atoms with Gasteiger partial charge in [0.05, 0.1) is 10.6 Å². The molecule has 1 unspecified atom stereocenters. The number of rotatable bonds is 9. The normalized spacial score (nSPS) is 18.0. The Bertz CT molecular complexity index is 1260. The number of allylic oxidation sites excluding steroid dienone is 1. The van der Waals surface area contributed by atoms with Crippen LogP contribution in [0.5, 0.6) is 0 Å². The minimum atomic E-state index is -0.380. The van der Waals surface area contributed by atoms with Gasteiger partial charge in [0, 0.05) is 18.6 Å². The summed E-state index contributed by atoms with van der Waals surface area (Å²) in [6.07, 6.45) is 9.43. The third kappa shape index (κ3) is 20.3. The van der Waals surface area contributed by atoms with Gasteiger partial charge in [-0.2, -0.15) is 5.10 Å². The highest BCUT2D eigenvalue weighted by Gasteiger charge is 2.35. The van der Waals surface area contributed by atoms with Gasteiger partial charge in [-0.1, -0.05) is 123 Å². The molecule has 3 rings (SSSR count). The lowest BCUT2D eigenvalue weighted by Crippen LogP contribution is -2.34. The molecule has 278 valence electrons. The quantitative estimate of drug-likeness (QED) is 0.0795. The van der Waals surface area contributed by atoms with Gasteiger partial charge in [-0.05, 0) is 98.9 Å². The fourth-order valence-electron chi connectivity index (χ4n) is 5.27. The lowest BCUT2D eigenvalue weighted by molar-refractivity contribution is -0.107. The second kappa shape index (κ2) is 25.9. The molecule has 6 nitrogen and oxygen atoms in total. The Morgan fingerprint density at radius 1 is 1.08 bits per heavy atom. The molecule has 1 aliphatic rings. The van der Waals surface area contributed by atoms with Crippen LogP contribution >= 0.6 is 11.6 Å². The molecule has 5 N–H and O–H groups in total. The zero-order valence-corrected chi connectivity index (χ0v) is 33.6. The van der Waals surface area contributed by atoms with E-state index >= 15 is 0 Å².